The number of hydrogen-bond donors (Lipinski definition) is 2. The molecule has 1 aliphatic heterocycles. The maximum absolute atomic E-state index is 5.38. The number of anilines is 1. The lowest BCUT2D eigenvalue weighted by molar-refractivity contribution is 0.260. The van der Waals surface area contributed by atoms with Gasteiger partial charge in [-0.1, -0.05) is 6.92 Å². The van der Waals surface area contributed by atoms with Gasteiger partial charge in [-0.25, -0.2) is 0 Å². The van der Waals surface area contributed by atoms with Crippen LogP contribution in [0.15, 0.2) is 4.52 Å². The van der Waals surface area contributed by atoms with Crippen LogP contribution in [0, 0.1) is 5.92 Å². The van der Waals surface area contributed by atoms with Crippen LogP contribution in [0.5, 0.6) is 0 Å². The minimum atomic E-state index is 0.188. The summed E-state index contributed by atoms with van der Waals surface area (Å²) in [6.45, 7) is 3.24. The monoisotopic (exact) mass is 182 g/mol. The molecule has 5 nitrogen and oxygen atoms in total. The smallest absolute Gasteiger partial charge is 0.260 e. The van der Waals surface area contributed by atoms with Crippen molar-refractivity contribution >= 4 is 5.95 Å². The number of nitrogens with one attached hydrogen (secondary N) is 1. The molecule has 1 aromatic heterocycles. The molecule has 0 radical (unpaired) electrons. The molecule has 5 heteroatoms. The molecule has 0 aliphatic carbocycles. The van der Waals surface area contributed by atoms with Crippen molar-refractivity contribution in [2.24, 2.45) is 5.92 Å². The van der Waals surface area contributed by atoms with E-state index in [0.717, 1.165) is 13.0 Å². The van der Waals surface area contributed by atoms with E-state index in [2.05, 4.69) is 22.4 Å². The maximum Gasteiger partial charge on any atom is 0.260 e. The van der Waals surface area contributed by atoms with Gasteiger partial charge in [-0.15, -0.1) is 0 Å². The van der Waals surface area contributed by atoms with Crippen LogP contribution in [0.4, 0.5) is 5.95 Å². The topological polar surface area (TPSA) is 77.0 Å². The van der Waals surface area contributed by atoms with Crippen LogP contribution in [0.25, 0.3) is 0 Å². The zero-order chi connectivity index (χ0) is 9.26. The highest BCUT2D eigenvalue weighted by atomic mass is 16.5. The first kappa shape index (κ1) is 8.50. The van der Waals surface area contributed by atoms with Crippen LogP contribution in [-0.4, -0.2) is 16.7 Å². The Hall–Kier alpha value is -1.10. The second-order valence-corrected chi connectivity index (χ2v) is 3.63. The summed E-state index contributed by atoms with van der Waals surface area (Å²) in [6.07, 6.45) is 2.25. The van der Waals surface area contributed by atoms with Gasteiger partial charge in [0.05, 0.1) is 6.04 Å². The van der Waals surface area contributed by atoms with E-state index in [1.165, 1.54) is 6.42 Å². The SMILES string of the molecule is CC1CCN[C@@H](c2nc(N)no2)C1. The summed E-state index contributed by atoms with van der Waals surface area (Å²) in [5, 5.41) is 6.90. The van der Waals surface area contributed by atoms with Crippen molar-refractivity contribution in [2.75, 3.05) is 12.3 Å². The van der Waals surface area contributed by atoms with Crippen LogP contribution in [0.3, 0.4) is 0 Å². The number of piperidine rings is 1. The lowest BCUT2D eigenvalue weighted by atomic mass is 9.94. The van der Waals surface area contributed by atoms with Gasteiger partial charge in [-0.05, 0) is 30.5 Å². The van der Waals surface area contributed by atoms with Gasteiger partial charge in [-0.2, -0.15) is 4.98 Å². The van der Waals surface area contributed by atoms with Crippen molar-refractivity contribution in [2.45, 2.75) is 25.8 Å². The summed E-state index contributed by atoms with van der Waals surface area (Å²) < 4.78 is 5.00. The standard InChI is InChI=1S/C8H14N4O/c1-5-2-3-10-6(4-5)7-11-8(9)12-13-7/h5-6,10H,2-4H2,1H3,(H2,9,12)/t5?,6-/m1/s1. The molecule has 2 rings (SSSR count). The largest absolute Gasteiger partial charge is 0.365 e. The lowest BCUT2D eigenvalue weighted by Crippen LogP contribution is -2.30. The zero-order valence-electron chi connectivity index (χ0n) is 7.66. The summed E-state index contributed by atoms with van der Waals surface area (Å²) >= 11 is 0. The van der Waals surface area contributed by atoms with Gasteiger partial charge in [-0.3, -0.25) is 0 Å². The first-order chi connectivity index (χ1) is 6.25. The minimum Gasteiger partial charge on any atom is -0.365 e. The Bertz CT molecular complexity index is 285. The molecule has 0 aromatic carbocycles. The molecule has 1 saturated heterocycles. The van der Waals surface area contributed by atoms with Gasteiger partial charge in [0, 0.05) is 0 Å². The van der Waals surface area contributed by atoms with Gasteiger partial charge >= 0.3 is 0 Å². The normalized spacial score (nSPS) is 29.0. The zero-order valence-corrected chi connectivity index (χ0v) is 7.66. The quantitative estimate of drug-likeness (QED) is 0.669. The Morgan fingerprint density at radius 3 is 3.08 bits per heavy atom. The molecule has 1 aromatic rings. The fraction of sp³-hybridized carbons (Fsp3) is 0.750. The summed E-state index contributed by atoms with van der Waals surface area (Å²) in [4.78, 5) is 4.01. The van der Waals surface area contributed by atoms with Crippen LogP contribution < -0.4 is 11.1 Å². The second-order valence-electron chi connectivity index (χ2n) is 3.63. The fourth-order valence-electron chi connectivity index (χ4n) is 1.68. The molecule has 1 fully saturated rings. The first-order valence-electron chi connectivity index (χ1n) is 4.58. The highest BCUT2D eigenvalue weighted by Crippen LogP contribution is 2.25. The van der Waals surface area contributed by atoms with Crippen molar-refractivity contribution in [3.05, 3.63) is 5.89 Å². The molecule has 0 bridgehead atoms. The second kappa shape index (κ2) is 3.33. The third-order valence-corrected chi connectivity index (χ3v) is 2.42. The van der Waals surface area contributed by atoms with Crippen LogP contribution in [-0.2, 0) is 0 Å². The molecule has 2 atom stereocenters. The van der Waals surface area contributed by atoms with E-state index < -0.39 is 0 Å². The van der Waals surface area contributed by atoms with Crippen molar-refractivity contribution in [3.63, 3.8) is 0 Å². The molecule has 0 amide bonds. The number of nitrogen functional groups attached to an aromatic ring is 1. The molecule has 0 saturated carbocycles. The van der Waals surface area contributed by atoms with Gasteiger partial charge < -0.3 is 15.6 Å². The molecule has 3 N–H and O–H groups in total. The van der Waals surface area contributed by atoms with Gasteiger partial charge in [0.25, 0.3) is 5.95 Å². The van der Waals surface area contributed by atoms with E-state index in [1.54, 1.807) is 0 Å². The van der Waals surface area contributed by atoms with Crippen LogP contribution >= 0.6 is 0 Å². The molecule has 72 valence electrons. The molecule has 1 aliphatic rings. The molecular formula is C8H14N4O. The summed E-state index contributed by atoms with van der Waals surface area (Å²) in [6, 6.07) is 0.188. The minimum absolute atomic E-state index is 0.188. The molecule has 0 spiro atoms. The van der Waals surface area contributed by atoms with Crippen molar-refractivity contribution in [3.8, 4) is 0 Å². The maximum atomic E-state index is 5.38. The Balaban J connectivity index is 2.08. The highest BCUT2D eigenvalue weighted by Gasteiger charge is 2.24. The molecule has 2 heterocycles. The molecule has 13 heavy (non-hydrogen) atoms. The Morgan fingerprint density at radius 2 is 2.46 bits per heavy atom. The number of rotatable bonds is 1. The summed E-state index contributed by atoms with van der Waals surface area (Å²) in [5.41, 5.74) is 5.38. The Labute approximate surface area is 76.7 Å². The van der Waals surface area contributed by atoms with Gasteiger partial charge in [0.2, 0.25) is 5.89 Å². The first-order valence-corrected chi connectivity index (χ1v) is 4.58. The van der Waals surface area contributed by atoms with Crippen molar-refractivity contribution in [1.29, 1.82) is 0 Å². The third kappa shape index (κ3) is 1.80. The summed E-state index contributed by atoms with van der Waals surface area (Å²) in [5.74, 6) is 1.54. The van der Waals surface area contributed by atoms with E-state index >= 15 is 0 Å². The average molecular weight is 182 g/mol. The molecule has 1 unspecified atom stereocenters. The van der Waals surface area contributed by atoms with Crippen molar-refractivity contribution in [1.82, 2.24) is 15.5 Å². The van der Waals surface area contributed by atoms with Crippen LogP contribution in [0.2, 0.25) is 0 Å². The molecular weight excluding hydrogens is 168 g/mol. The van der Waals surface area contributed by atoms with E-state index in [9.17, 15) is 0 Å². The van der Waals surface area contributed by atoms with Crippen molar-refractivity contribution < 1.29 is 4.52 Å². The number of nitrogens with two attached hydrogens (primary N) is 1. The number of hydrogen-bond acceptors (Lipinski definition) is 5. The highest BCUT2D eigenvalue weighted by molar-refractivity contribution is 5.12. The number of aromatic nitrogens is 2. The van der Waals surface area contributed by atoms with E-state index in [1.807, 2.05) is 0 Å². The van der Waals surface area contributed by atoms with E-state index in [0.29, 0.717) is 11.8 Å². The van der Waals surface area contributed by atoms with E-state index in [-0.39, 0.29) is 12.0 Å². The average Bonchev–Trinajstić information content (AvgIpc) is 2.52. The Morgan fingerprint density at radius 1 is 1.62 bits per heavy atom. The van der Waals surface area contributed by atoms with Gasteiger partial charge in [0.15, 0.2) is 0 Å². The predicted octanol–water partition coefficient (Wildman–Crippen LogP) is 0.712. The number of nitrogens with zero attached hydrogens (tertiary/aromatic N) is 2. The van der Waals surface area contributed by atoms with E-state index in [4.69, 9.17) is 10.3 Å². The lowest BCUT2D eigenvalue weighted by Gasteiger charge is -2.25. The Kier molecular flexibility index (Phi) is 2.18. The van der Waals surface area contributed by atoms with Gasteiger partial charge in [0.1, 0.15) is 0 Å². The fourth-order valence-corrected chi connectivity index (χ4v) is 1.68. The van der Waals surface area contributed by atoms with Crippen LogP contribution in [0.1, 0.15) is 31.7 Å². The third-order valence-electron chi connectivity index (χ3n) is 2.42. The summed E-state index contributed by atoms with van der Waals surface area (Å²) in [7, 11) is 0. The predicted molar refractivity (Wildman–Crippen MR) is 47.9 cm³/mol.